The van der Waals surface area contributed by atoms with Crippen LogP contribution in [0.5, 0.6) is 0 Å². The van der Waals surface area contributed by atoms with E-state index in [4.69, 9.17) is 28.3 Å². The molecule has 2 rings (SSSR count). The molecule has 1 aromatic rings. The van der Waals surface area contributed by atoms with E-state index in [1.165, 1.54) is 4.90 Å². The van der Waals surface area contributed by atoms with Crippen LogP contribution in [-0.4, -0.2) is 54.7 Å². The van der Waals surface area contributed by atoms with E-state index in [0.717, 1.165) is 18.7 Å². The van der Waals surface area contributed by atoms with Crippen LogP contribution in [-0.2, 0) is 4.79 Å². The number of anilines is 1. The van der Waals surface area contributed by atoms with Crippen molar-refractivity contribution in [1.82, 2.24) is 10.2 Å². The third-order valence-corrected chi connectivity index (χ3v) is 4.31. The summed E-state index contributed by atoms with van der Waals surface area (Å²) in [6.07, 6.45) is 0.735. The van der Waals surface area contributed by atoms with Crippen molar-refractivity contribution in [3.63, 3.8) is 0 Å². The summed E-state index contributed by atoms with van der Waals surface area (Å²) in [7, 11) is 1.58. The maximum absolute atomic E-state index is 12.0. The van der Waals surface area contributed by atoms with Crippen molar-refractivity contribution in [1.29, 1.82) is 0 Å². The van der Waals surface area contributed by atoms with Crippen LogP contribution in [0.4, 0.5) is 10.5 Å². The zero-order chi connectivity index (χ0) is 17.0. The van der Waals surface area contributed by atoms with Gasteiger partial charge in [0.2, 0.25) is 0 Å². The van der Waals surface area contributed by atoms with E-state index in [0.29, 0.717) is 16.6 Å². The van der Waals surface area contributed by atoms with E-state index in [1.807, 2.05) is 6.07 Å². The Morgan fingerprint density at radius 2 is 2.17 bits per heavy atom. The number of carboxylic acids is 1. The molecule has 8 heteroatoms. The molecular weight excluding hydrogens is 341 g/mol. The van der Waals surface area contributed by atoms with Crippen LogP contribution < -0.4 is 10.2 Å². The number of halogens is 2. The standard InChI is InChI=1S/C15H19Cl2N3O3/c1-19(6-5-14(21)22)15(23)18-11-4-7-20(9-11)13-3-2-10(16)8-12(13)17/h2-3,8,11H,4-7,9H2,1H3,(H,18,23)(H,21,22). The molecule has 0 aliphatic carbocycles. The van der Waals surface area contributed by atoms with Crippen LogP contribution in [0, 0.1) is 0 Å². The molecule has 0 bridgehead atoms. The predicted octanol–water partition coefficient (Wildman–Crippen LogP) is 2.69. The van der Waals surface area contributed by atoms with Crippen LogP contribution in [0.1, 0.15) is 12.8 Å². The summed E-state index contributed by atoms with van der Waals surface area (Å²) >= 11 is 12.1. The third kappa shape index (κ3) is 4.91. The molecule has 1 fully saturated rings. The molecule has 2 N–H and O–H groups in total. The van der Waals surface area contributed by atoms with Gasteiger partial charge in [-0.15, -0.1) is 0 Å². The summed E-state index contributed by atoms with van der Waals surface area (Å²) in [6.45, 7) is 1.62. The molecule has 1 aromatic carbocycles. The van der Waals surface area contributed by atoms with Gasteiger partial charge in [0, 0.05) is 37.7 Å². The summed E-state index contributed by atoms with van der Waals surface area (Å²) in [5.41, 5.74) is 0.895. The van der Waals surface area contributed by atoms with Crippen molar-refractivity contribution in [2.75, 3.05) is 31.6 Å². The minimum absolute atomic E-state index is 0.00141. The molecule has 23 heavy (non-hydrogen) atoms. The fraction of sp³-hybridized carbons (Fsp3) is 0.467. The highest BCUT2D eigenvalue weighted by Crippen LogP contribution is 2.31. The lowest BCUT2D eigenvalue weighted by atomic mass is 10.2. The van der Waals surface area contributed by atoms with Crippen LogP contribution in [0.25, 0.3) is 0 Å². The van der Waals surface area contributed by atoms with Gasteiger partial charge in [-0.05, 0) is 24.6 Å². The number of nitrogens with zero attached hydrogens (tertiary/aromatic N) is 2. The normalized spacial score (nSPS) is 17.2. The van der Waals surface area contributed by atoms with E-state index in [1.54, 1.807) is 19.2 Å². The van der Waals surface area contributed by atoms with Crippen molar-refractivity contribution >= 4 is 40.9 Å². The molecule has 1 saturated heterocycles. The number of benzene rings is 1. The Labute approximate surface area is 145 Å². The van der Waals surface area contributed by atoms with Gasteiger partial charge in [-0.2, -0.15) is 0 Å². The minimum Gasteiger partial charge on any atom is -0.481 e. The number of carbonyl (C=O) groups is 2. The zero-order valence-corrected chi connectivity index (χ0v) is 14.3. The van der Waals surface area contributed by atoms with Gasteiger partial charge in [0.1, 0.15) is 0 Å². The average molecular weight is 360 g/mol. The predicted molar refractivity (Wildman–Crippen MR) is 90.5 cm³/mol. The average Bonchev–Trinajstić information content (AvgIpc) is 2.92. The fourth-order valence-corrected chi connectivity index (χ4v) is 3.01. The van der Waals surface area contributed by atoms with Crippen LogP contribution >= 0.6 is 23.2 Å². The molecule has 0 radical (unpaired) electrons. The molecule has 1 atom stereocenters. The number of urea groups is 1. The first-order valence-electron chi connectivity index (χ1n) is 7.30. The summed E-state index contributed by atoms with van der Waals surface area (Å²) in [5.74, 6) is -0.922. The van der Waals surface area contributed by atoms with Gasteiger partial charge in [-0.1, -0.05) is 23.2 Å². The van der Waals surface area contributed by atoms with E-state index in [9.17, 15) is 9.59 Å². The largest absolute Gasteiger partial charge is 0.481 e. The third-order valence-electron chi connectivity index (χ3n) is 3.77. The number of rotatable bonds is 5. The summed E-state index contributed by atoms with van der Waals surface area (Å²) < 4.78 is 0. The maximum Gasteiger partial charge on any atom is 0.317 e. The Kier molecular flexibility index (Phi) is 5.96. The quantitative estimate of drug-likeness (QED) is 0.847. The van der Waals surface area contributed by atoms with Gasteiger partial charge in [0.25, 0.3) is 0 Å². The molecule has 2 amide bonds. The smallest absolute Gasteiger partial charge is 0.317 e. The molecule has 1 aliphatic rings. The van der Waals surface area contributed by atoms with E-state index in [-0.39, 0.29) is 25.0 Å². The van der Waals surface area contributed by atoms with Crippen molar-refractivity contribution < 1.29 is 14.7 Å². The van der Waals surface area contributed by atoms with Gasteiger partial charge in [-0.3, -0.25) is 4.79 Å². The number of hydrogen-bond acceptors (Lipinski definition) is 3. The lowest BCUT2D eigenvalue weighted by Crippen LogP contribution is -2.44. The SMILES string of the molecule is CN(CCC(=O)O)C(=O)NC1CCN(c2ccc(Cl)cc2Cl)C1. The number of amides is 2. The van der Waals surface area contributed by atoms with Gasteiger partial charge in [0.15, 0.2) is 0 Å². The Morgan fingerprint density at radius 3 is 2.83 bits per heavy atom. The van der Waals surface area contributed by atoms with Crippen LogP contribution in [0.15, 0.2) is 18.2 Å². The van der Waals surface area contributed by atoms with Gasteiger partial charge >= 0.3 is 12.0 Å². The monoisotopic (exact) mass is 359 g/mol. The lowest BCUT2D eigenvalue weighted by molar-refractivity contribution is -0.137. The maximum atomic E-state index is 12.0. The van der Waals surface area contributed by atoms with Crippen molar-refractivity contribution in [2.24, 2.45) is 0 Å². The molecule has 1 aliphatic heterocycles. The second-order valence-electron chi connectivity index (χ2n) is 5.54. The molecule has 0 aromatic heterocycles. The highest BCUT2D eigenvalue weighted by Gasteiger charge is 2.26. The Morgan fingerprint density at radius 1 is 1.43 bits per heavy atom. The molecular formula is C15H19Cl2N3O3. The number of nitrogens with one attached hydrogen (secondary N) is 1. The Hall–Kier alpha value is -1.66. The second-order valence-corrected chi connectivity index (χ2v) is 6.39. The Balaban J connectivity index is 1.87. The first kappa shape index (κ1) is 17.7. The minimum atomic E-state index is -0.922. The van der Waals surface area contributed by atoms with Gasteiger partial charge in [-0.25, -0.2) is 4.79 Å². The number of carbonyl (C=O) groups excluding carboxylic acids is 1. The Bertz CT molecular complexity index is 597. The highest BCUT2D eigenvalue weighted by atomic mass is 35.5. The van der Waals surface area contributed by atoms with Crippen molar-refractivity contribution in [3.05, 3.63) is 28.2 Å². The molecule has 1 unspecified atom stereocenters. The first-order chi connectivity index (χ1) is 10.9. The van der Waals surface area contributed by atoms with Gasteiger partial charge in [0.05, 0.1) is 17.1 Å². The molecule has 0 spiro atoms. The van der Waals surface area contributed by atoms with E-state index >= 15 is 0 Å². The summed E-state index contributed by atoms with van der Waals surface area (Å²) in [6, 6.07) is 5.09. The van der Waals surface area contributed by atoms with Crippen molar-refractivity contribution in [2.45, 2.75) is 18.9 Å². The summed E-state index contributed by atoms with van der Waals surface area (Å²) in [5, 5.41) is 12.7. The van der Waals surface area contributed by atoms with Gasteiger partial charge < -0.3 is 20.2 Å². The molecule has 6 nitrogen and oxygen atoms in total. The second kappa shape index (κ2) is 7.75. The number of aliphatic carboxylic acids is 1. The van der Waals surface area contributed by atoms with E-state index in [2.05, 4.69) is 10.2 Å². The summed E-state index contributed by atoms with van der Waals surface area (Å²) in [4.78, 5) is 26.0. The number of hydrogen-bond donors (Lipinski definition) is 2. The van der Waals surface area contributed by atoms with E-state index < -0.39 is 5.97 Å². The molecule has 126 valence electrons. The zero-order valence-electron chi connectivity index (χ0n) is 12.8. The van der Waals surface area contributed by atoms with Crippen molar-refractivity contribution in [3.8, 4) is 0 Å². The number of carboxylic acid groups (broad SMARTS) is 1. The van der Waals surface area contributed by atoms with Crippen LogP contribution in [0.3, 0.4) is 0 Å². The highest BCUT2D eigenvalue weighted by molar-refractivity contribution is 6.36. The molecule has 1 heterocycles. The lowest BCUT2D eigenvalue weighted by Gasteiger charge is -2.22. The molecule has 0 saturated carbocycles. The first-order valence-corrected chi connectivity index (χ1v) is 8.06. The van der Waals surface area contributed by atoms with Crippen LogP contribution in [0.2, 0.25) is 10.0 Å². The fourth-order valence-electron chi connectivity index (χ4n) is 2.48. The topological polar surface area (TPSA) is 72.9 Å².